The van der Waals surface area contributed by atoms with Gasteiger partial charge < -0.3 is 20.1 Å². The second kappa shape index (κ2) is 8.70. The van der Waals surface area contributed by atoms with Crippen LogP contribution in [-0.4, -0.2) is 71.2 Å². The lowest BCUT2D eigenvalue weighted by atomic mass is 10.2. The molecule has 9 heteroatoms. The van der Waals surface area contributed by atoms with Crippen molar-refractivity contribution >= 4 is 34.8 Å². The fourth-order valence-electron chi connectivity index (χ4n) is 3.03. The molecule has 1 fully saturated rings. The number of aromatic nitrogens is 2. The minimum Gasteiger partial charge on any atom is -0.356 e. The number of allylic oxidation sites excluding steroid dienone is 1. The molecule has 0 saturated carbocycles. The number of hydrogen-bond donors (Lipinski definition) is 2. The van der Waals surface area contributed by atoms with Gasteiger partial charge in [0.15, 0.2) is 5.82 Å². The van der Waals surface area contributed by atoms with Crippen LogP contribution >= 0.6 is 11.6 Å². The number of carbonyl (C=O) groups excluding carboxylic acids is 1. The van der Waals surface area contributed by atoms with E-state index in [1.165, 1.54) is 13.1 Å². The van der Waals surface area contributed by atoms with Crippen LogP contribution in [0.15, 0.2) is 35.1 Å². The van der Waals surface area contributed by atoms with Crippen LogP contribution in [0.3, 0.4) is 0 Å². The van der Waals surface area contributed by atoms with Gasteiger partial charge in [0.2, 0.25) is 5.91 Å². The van der Waals surface area contributed by atoms with E-state index in [9.17, 15) is 9.18 Å². The van der Waals surface area contributed by atoms with Gasteiger partial charge in [-0.3, -0.25) is 4.79 Å². The topological polar surface area (TPSA) is 76.6 Å². The number of nitrogens with zero attached hydrogens (tertiary/aromatic N) is 4. The van der Waals surface area contributed by atoms with Crippen LogP contribution < -0.4 is 5.32 Å². The van der Waals surface area contributed by atoms with E-state index in [0.29, 0.717) is 23.8 Å². The van der Waals surface area contributed by atoms with Crippen LogP contribution in [0.4, 0.5) is 4.39 Å². The van der Waals surface area contributed by atoms with Crippen LogP contribution in [-0.2, 0) is 4.79 Å². The van der Waals surface area contributed by atoms with E-state index in [4.69, 9.17) is 11.6 Å². The molecule has 150 valence electrons. The summed E-state index contributed by atoms with van der Waals surface area (Å²) in [7, 11) is 2.03. The highest BCUT2D eigenvalue weighted by atomic mass is 35.5. The normalized spacial score (nSPS) is 17.8. The van der Waals surface area contributed by atoms with Crippen molar-refractivity contribution in [1.82, 2.24) is 25.1 Å². The Kier molecular flexibility index (Phi) is 6.31. The number of rotatable bonds is 5. The van der Waals surface area contributed by atoms with E-state index in [1.54, 1.807) is 30.3 Å². The number of fused-ring (bicyclic) bond motifs is 1. The Morgan fingerprint density at radius 1 is 1.43 bits per heavy atom. The summed E-state index contributed by atoms with van der Waals surface area (Å²) in [4.78, 5) is 28.0. The summed E-state index contributed by atoms with van der Waals surface area (Å²) in [5.41, 5.74) is 1.39. The summed E-state index contributed by atoms with van der Waals surface area (Å²) >= 11 is 6.00. The summed E-state index contributed by atoms with van der Waals surface area (Å²) in [6, 6.07) is 1.18. The van der Waals surface area contributed by atoms with Crippen molar-refractivity contribution in [2.75, 3.05) is 33.2 Å². The first-order chi connectivity index (χ1) is 13.3. The van der Waals surface area contributed by atoms with Crippen molar-refractivity contribution < 1.29 is 9.18 Å². The molecule has 1 amide bonds. The largest absolute Gasteiger partial charge is 0.356 e. The molecule has 0 bridgehead atoms. The number of aliphatic imine (C=N–C) groups is 1. The average Bonchev–Trinajstić information content (AvgIpc) is 3.06. The summed E-state index contributed by atoms with van der Waals surface area (Å²) in [6.07, 6.45) is 4.79. The molecule has 0 radical (unpaired) electrons. The number of pyridine rings is 1. The first kappa shape index (κ1) is 20.3. The van der Waals surface area contributed by atoms with Gasteiger partial charge in [-0.2, -0.15) is 0 Å². The van der Waals surface area contributed by atoms with E-state index in [1.807, 2.05) is 7.05 Å². The van der Waals surface area contributed by atoms with Gasteiger partial charge in [-0.1, -0.05) is 11.6 Å². The monoisotopic (exact) mass is 406 g/mol. The van der Waals surface area contributed by atoms with Crippen molar-refractivity contribution in [2.24, 2.45) is 4.99 Å². The summed E-state index contributed by atoms with van der Waals surface area (Å²) in [6.45, 7) is 6.02. The molecule has 2 aromatic rings. The van der Waals surface area contributed by atoms with Crippen molar-refractivity contribution in [2.45, 2.75) is 19.9 Å². The van der Waals surface area contributed by atoms with Gasteiger partial charge in [0, 0.05) is 55.7 Å². The molecule has 7 nitrogen and oxygen atoms in total. The third-order valence-corrected chi connectivity index (χ3v) is 4.93. The van der Waals surface area contributed by atoms with E-state index >= 15 is 0 Å². The maximum absolute atomic E-state index is 14.0. The second-order valence-corrected chi connectivity index (χ2v) is 7.37. The summed E-state index contributed by atoms with van der Waals surface area (Å²) in [5, 5.41) is 4.19. The molecule has 3 heterocycles. The maximum atomic E-state index is 14.0. The lowest BCUT2D eigenvalue weighted by Gasteiger charge is -2.34. The molecule has 1 aliphatic rings. The second-order valence-electron chi connectivity index (χ2n) is 6.93. The Labute approximate surface area is 168 Å². The zero-order valence-electron chi connectivity index (χ0n) is 16.2. The first-order valence-electron chi connectivity index (χ1n) is 9.12. The lowest BCUT2D eigenvalue weighted by Crippen LogP contribution is -2.52. The van der Waals surface area contributed by atoms with Crippen molar-refractivity contribution in [3.05, 3.63) is 40.7 Å². The van der Waals surface area contributed by atoms with Gasteiger partial charge in [0.05, 0.1) is 5.02 Å². The molecule has 1 atom stereocenters. The lowest BCUT2D eigenvalue weighted by molar-refractivity contribution is -0.134. The van der Waals surface area contributed by atoms with E-state index < -0.39 is 11.9 Å². The smallest absolute Gasteiger partial charge is 0.244 e. The minimum absolute atomic E-state index is 0.0271. The quantitative estimate of drug-likeness (QED) is 0.748. The highest BCUT2D eigenvalue weighted by Crippen LogP contribution is 2.19. The minimum atomic E-state index is -0.583. The fourth-order valence-corrected chi connectivity index (χ4v) is 3.19. The standard InChI is InChI=1S/C19H24ClFN6O/c1-12(21)17(25-13(2)19(28)27-6-4-26(3)5-7-27)22-9-14-10-23-18-16(14)8-15(20)11-24-18/h8-11,13,25H,4-7H2,1-3H3,(H,23,24)/b17-12-,22-9+/t13-/m0/s1. The molecular formula is C19H24ClFN6O. The summed E-state index contributed by atoms with van der Waals surface area (Å²) in [5.74, 6) is -0.533. The highest BCUT2D eigenvalue weighted by Gasteiger charge is 2.24. The molecule has 2 aromatic heterocycles. The van der Waals surface area contributed by atoms with E-state index in [0.717, 1.165) is 24.0 Å². The van der Waals surface area contributed by atoms with Crippen molar-refractivity contribution in [3.8, 4) is 0 Å². The van der Waals surface area contributed by atoms with Crippen LogP contribution in [0.2, 0.25) is 5.02 Å². The average molecular weight is 407 g/mol. The van der Waals surface area contributed by atoms with E-state index in [-0.39, 0.29) is 11.7 Å². The molecular weight excluding hydrogens is 383 g/mol. The Bertz CT molecular complexity index is 912. The molecule has 0 unspecified atom stereocenters. The zero-order chi connectivity index (χ0) is 20.3. The van der Waals surface area contributed by atoms with Crippen LogP contribution in [0, 0.1) is 0 Å². The maximum Gasteiger partial charge on any atom is 0.244 e. The molecule has 0 aliphatic carbocycles. The number of nitrogens with one attached hydrogen (secondary N) is 2. The predicted octanol–water partition coefficient (Wildman–Crippen LogP) is 2.55. The molecule has 2 N–H and O–H groups in total. The van der Waals surface area contributed by atoms with E-state index in [2.05, 4.69) is 25.2 Å². The number of hydrogen-bond acceptors (Lipinski definition) is 5. The molecule has 1 aliphatic heterocycles. The Morgan fingerprint density at radius 2 is 2.14 bits per heavy atom. The van der Waals surface area contributed by atoms with Crippen LogP contribution in [0.1, 0.15) is 19.4 Å². The van der Waals surface area contributed by atoms with Gasteiger partial charge >= 0.3 is 0 Å². The molecule has 28 heavy (non-hydrogen) atoms. The van der Waals surface area contributed by atoms with Crippen molar-refractivity contribution in [3.63, 3.8) is 0 Å². The molecule has 1 saturated heterocycles. The molecule has 0 spiro atoms. The number of likely N-dealkylation sites (N-methyl/N-ethyl adjacent to an activating group) is 1. The SMILES string of the molecule is C/C(F)=C(\N=C\c1c[nH]c2ncc(Cl)cc12)N[C@@H](C)C(=O)N1CCN(C)CC1. The van der Waals surface area contributed by atoms with Crippen molar-refractivity contribution in [1.29, 1.82) is 0 Å². The summed E-state index contributed by atoms with van der Waals surface area (Å²) < 4.78 is 14.0. The first-order valence-corrected chi connectivity index (χ1v) is 9.50. The number of halogens is 2. The third kappa shape index (κ3) is 4.69. The molecule has 0 aromatic carbocycles. The Hall–Kier alpha value is -2.45. The van der Waals surface area contributed by atoms with Crippen LogP contribution in [0.25, 0.3) is 11.0 Å². The number of H-pyrrole nitrogens is 1. The number of aromatic amines is 1. The van der Waals surface area contributed by atoms with Gasteiger partial charge in [0.1, 0.15) is 17.5 Å². The number of carbonyl (C=O) groups is 1. The Morgan fingerprint density at radius 3 is 2.82 bits per heavy atom. The fraction of sp³-hybridized carbons (Fsp3) is 0.421. The predicted molar refractivity (Wildman–Crippen MR) is 109 cm³/mol. The van der Waals surface area contributed by atoms with Gasteiger partial charge in [-0.05, 0) is 27.0 Å². The van der Waals surface area contributed by atoms with Gasteiger partial charge in [0.25, 0.3) is 0 Å². The number of piperazine rings is 1. The Balaban J connectivity index is 1.71. The zero-order valence-corrected chi connectivity index (χ0v) is 16.9. The van der Waals surface area contributed by atoms with Crippen LogP contribution in [0.5, 0.6) is 0 Å². The van der Waals surface area contributed by atoms with Gasteiger partial charge in [-0.15, -0.1) is 0 Å². The number of amides is 1. The van der Waals surface area contributed by atoms with Gasteiger partial charge in [-0.25, -0.2) is 14.4 Å². The molecule has 3 rings (SSSR count). The highest BCUT2D eigenvalue weighted by molar-refractivity contribution is 6.31. The third-order valence-electron chi connectivity index (χ3n) is 4.73.